The average Bonchev–Trinajstić information content (AvgIpc) is 3.20. The molecular formula is C23H25N5O3. The monoisotopic (exact) mass is 419 g/mol. The van der Waals surface area contributed by atoms with Crippen molar-refractivity contribution in [1.29, 1.82) is 0 Å². The van der Waals surface area contributed by atoms with Crippen molar-refractivity contribution in [2.45, 2.75) is 19.4 Å². The number of fused-ring (bicyclic) bond motifs is 1. The fourth-order valence-electron chi connectivity index (χ4n) is 3.98. The van der Waals surface area contributed by atoms with Gasteiger partial charge >= 0.3 is 5.69 Å². The van der Waals surface area contributed by atoms with E-state index in [2.05, 4.69) is 4.98 Å². The van der Waals surface area contributed by atoms with Gasteiger partial charge in [0.15, 0.2) is 0 Å². The zero-order valence-corrected chi connectivity index (χ0v) is 17.4. The Morgan fingerprint density at radius 2 is 1.81 bits per heavy atom. The van der Waals surface area contributed by atoms with E-state index >= 15 is 0 Å². The number of hydrogen-bond acceptors (Lipinski definition) is 5. The van der Waals surface area contributed by atoms with Crippen LogP contribution in [-0.2, 0) is 17.8 Å². The summed E-state index contributed by atoms with van der Waals surface area (Å²) in [6.45, 7) is 1.20. The average molecular weight is 419 g/mol. The van der Waals surface area contributed by atoms with Gasteiger partial charge in [-0.25, -0.2) is 4.79 Å². The maximum absolute atomic E-state index is 12.8. The number of rotatable bonds is 6. The highest BCUT2D eigenvalue weighted by atomic mass is 16.2. The number of hydrogen-bond donors (Lipinski definition) is 2. The number of carbonyl (C=O) groups excluding carboxylic acids is 1. The zero-order valence-electron chi connectivity index (χ0n) is 17.4. The van der Waals surface area contributed by atoms with Gasteiger partial charge in [0, 0.05) is 32.2 Å². The van der Waals surface area contributed by atoms with E-state index in [4.69, 9.17) is 5.73 Å². The molecular weight excluding hydrogens is 394 g/mol. The highest BCUT2D eigenvalue weighted by Crippen LogP contribution is 2.28. The first-order valence-electron chi connectivity index (χ1n) is 10.2. The second kappa shape index (κ2) is 8.51. The minimum absolute atomic E-state index is 0.00981. The quantitative estimate of drug-likeness (QED) is 0.631. The molecule has 0 radical (unpaired) electrons. The van der Waals surface area contributed by atoms with Crippen molar-refractivity contribution in [3.8, 4) is 0 Å². The number of nitrogens with zero attached hydrogens (tertiary/aromatic N) is 3. The zero-order chi connectivity index (χ0) is 22.0. The standard InChI is InChI=1S/C23H25N5O3/c1-26(13-12-19(29)27-14-11-17-9-5-6-10-18(17)27)20-21(24)28(23(31)25-22(20)30)15-16-7-3-2-4-8-16/h2-10H,11-15,24H2,1H3,(H,25,30,31). The van der Waals surface area contributed by atoms with E-state index in [9.17, 15) is 14.4 Å². The van der Waals surface area contributed by atoms with Crippen LogP contribution in [0.25, 0.3) is 0 Å². The number of amides is 1. The van der Waals surface area contributed by atoms with Gasteiger partial charge in [-0.1, -0.05) is 48.5 Å². The molecule has 2 heterocycles. The van der Waals surface area contributed by atoms with E-state index < -0.39 is 11.2 Å². The van der Waals surface area contributed by atoms with Gasteiger partial charge in [0.25, 0.3) is 5.56 Å². The summed E-state index contributed by atoms with van der Waals surface area (Å²) in [5, 5.41) is 0. The maximum atomic E-state index is 12.8. The Bertz CT molecular complexity index is 1220. The van der Waals surface area contributed by atoms with Gasteiger partial charge in [-0.3, -0.25) is 19.1 Å². The lowest BCUT2D eigenvalue weighted by atomic mass is 10.2. The number of aromatic nitrogens is 2. The molecule has 4 rings (SSSR count). The van der Waals surface area contributed by atoms with E-state index in [0.29, 0.717) is 13.1 Å². The fraction of sp³-hybridized carbons (Fsp3) is 0.261. The number of nitrogens with two attached hydrogens (primary N) is 1. The molecule has 1 aliphatic heterocycles. The summed E-state index contributed by atoms with van der Waals surface area (Å²) in [6.07, 6.45) is 1.07. The first-order chi connectivity index (χ1) is 15.0. The summed E-state index contributed by atoms with van der Waals surface area (Å²) in [5.74, 6) is 0.0727. The number of H-pyrrole nitrogens is 1. The summed E-state index contributed by atoms with van der Waals surface area (Å²) in [5.41, 5.74) is 8.29. The number of carbonyl (C=O) groups is 1. The van der Waals surface area contributed by atoms with Crippen LogP contribution in [0.4, 0.5) is 17.2 Å². The largest absolute Gasteiger partial charge is 0.383 e. The summed E-state index contributed by atoms with van der Waals surface area (Å²) in [7, 11) is 1.70. The molecule has 31 heavy (non-hydrogen) atoms. The van der Waals surface area contributed by atoms with Gasteiger partial charge in [-0.15, -0.1) is 0 Å². The van der Waals surface area contributed by atoms with Crippen molar-refractivity contribution < 1.29 is 4.79 Å². The van der Waals surface area contributed by atoms with E-state index in [1.807, 2.05) is 54.6 Å². The van der Waals surface area contributed by atoms with Crippen LogP contribution in [0.2, 0.25) is 0 Å². The van der Waals surface area contributed by atoms with Crippen molar-refractivity contribution in [2.24, 2.45) is 0 Å². The molecule has 3 N–H and O–H groups in total. The van der Waals surface area contributed by atoms with E-state index in [1.165, 1.54) is 4.57 Å². The number of benzene rings is 2. The topological polar surface area (TPSA) is 104 Å². The molecule has 0 aliphatic carbocycles. The van der Waals surface area contributed by atoms with E-state index in [0.717, 1.165) is 23.2 Å². The Kier molecular flexibility index (Phi) is 5.62. The van der Waals surface area contributed by atoms with Crippen LogP contribution in [-0.4, -0.2) is 35.6 Å². The fourth-order valence-corrected chi connectivity index (χ4v) is 3.98. The minimum atomic E-state index is -0.562. The second-order valence-corrected chi connectivity index (χ2v) is 7.66. The molecule has 1 aromatic heterocycles. The lowest BCUT2D eigenvalue weighted by Crippen LogP contribution is -2.39. The number of aromatic amines is 1. The van der Waals surface area contributed by atoms with E-state index in [1.54, 1.807) is 16.8 Å². The van der Waals surface area contributed by atoms with Crippen molar-refractivity contribution in [2.75, 3.05) is 35.7 Å². The Morgan fingerprint density at radius 3 is 2.58 bits per heavy atom. The maximum Gasteiger partial charge on any atom is 0.330 e. The van der Waals surface area contributed by atoms with Crippen LogP contribution in [0.1, 0.15) is 17.5 Å². The summed E-state index contributed by atoms with van der Waals surface area (Å²) in [4.78, 5) is 43.4. The number of nitrogens with one attached hydrogen (secondary N) is 1. The molecule has 0 saturated heterocycles. The third-order valence-corrected chi connectivity index (χ3v) is 5.63. The first-order valence-corrected chi connectivity index (χ1v) is 10.2. The molecule has 0 atom stereocenters. The van der Waals surface area contributed by atoms with Crippen molar-refractivity contribution in [3.63, 3.8) is 0 Å². The molecule has 8 nitrogen and oxygen atoms in total. The summed E-state index contributed by atoms with van der Waals surface area (Å²) >= 11 is 0. The highest BCUT2D eigenvalue weighted by Gasteiger charge is 2.24. The minimum Gasteiger partial charge on any atom is -0.383 e. The SMILES string of the molecule is CN(CCC(=O)N1CCc2ccccc21)c1c(N)n(Cc2ccccc2)c(=O)[nH]c1=O. The van der Waals surface area contributed by atoms with Gasteiger partial charge < -0.3 is 15.5 Å². The third kappa shape index (κ3) is 4.09. The molecule has 1 aliphatic rings. The highest BCUT2D eigenvalue weighted by molar-refractivity contribution is 5.95. The molecule has 0 saturated carbocycles. The van der Waals surface area contributed by atoms with Gasteiger partial charge in [0.05, 0.1) is 6.54 Å². The van der Waals surface area contributed by atoms with Crippen LogP contribution in [0.15, 0.2) is 64.2 Å². The van der Waals surface area contributed by atoms with Crippen LogP contribution >= 0.6 is 0 Å². The van der Waals surface area contributed by atoms with Crippen molar-refractivity contribution >= 4 is 23.1 Å². The molecule has 160 valence electrons. The van der Waals surface area contributed by atoms with Crippen LogP contribution in [0.3, 0.4) is 0 Å². The van der Waals surface area contributed by atoms with Gasteiger partial charge in [-0.2, -0.15) is 0 Å². The molecule has 0 spiro atoms. The smallest absolute Gasteiger partial charge is 0.330 e. The molecule has 2 aromatic carbocycles. The van der Waals surface area contributed by atoms with Crippen molar-refractivity contribution in [1.82, 2.24) is 9.55 Å². The molecule has 0 fully saturated rings. The van der Waals surface area contributed by atoms with E-state index in [-0.39, 0.29) is 30.4 Å². The second-order valence-electron chi connectivity index (χ2n) is 7.66. The van der Waals surface area contributed by atoms with Gasteiger partial charge in [0.2, 0.25) is 5.91 Å². The van der Waals surface area contributed by atoms with Crippen LogP contribution < -0.4 is 26.8 Å². The van der Waals surface area contributed by atoms with Crippen molar-refractivity contribution in [3.05, 3.63) is 86.6 Å². The molecule has 8 heteroatoms. The normalized spacial score (nSPS) is 12.6. The molecule has 1 amide bonds. The summed E-state index contributed by atoms with van der Waals surface area (Å²) < 4.78 is 1.33. The Morgan fingerprint density at radius 1 is 1.10 bits per heavy atom. The Balaban J connectivity index is 1.51. The summed E-state index contributed by atoms with van der Waals surface area (Å²) in [6, 6.07) is 17.3. The lowest BCUT2D eigenvalue weighted by molar-refractivity contribution is -0.118. The number of anilines is 3. The molecule has 0 unspecified atom stereocenters. The van der Waals surface area contributed by atoms with Crippen LogP contribution in [0.5, 0.6) is 0 Å². The molecule has 3 aromatic rings. The first kappa shape index (κ1) is 20.5. The predicted octanol–water partition coefficient (Wildman–Crippen LogP) is 1.58. The van der Waals surface area contributed by atoms with Gasteiger partial charge in [0.1, 0.15) is 11.5 Å². The number of para-hydroxylation sites is 1. The molecule has 0 bridgehead atoms. The predicted molar refractivity (Wildman–Crippen MR) is 122 cm³/mol. The lowest BCUT2D eigenvalue weighted by Gasteiger charge is -2.23. The third-order valence-electron chi connectivity index (χ3n) is 5.63. The Hall–Kier alpha value is -3.81. The van der Waals surface area contributed by atoms with Gasteiger partial charge in [-0.05, 0) is 23.6 Å². The Labute approximate surface area is 179 Å². The number of nitrogen functional groups attached to an aromatic ring is 1. The van der Waals surface area contributed by atoms with Crippen LogP contribution in [0, 0.1) is 0 Å².